The lowest BCUT2D eigenvalue weighted by molar-refractivity contribution is 0.0635. The molecule has 10 nitrogen and oxygen atoms in total. The molecule has 4 aromatic rings. The van der Waals surface area contributed by atoms with Crippen molar-refractivity contribution in [3.05, 3.63) is 94.9 Å². The molecule has 3 aromatic carbocycles. The van der Waals surface area contributed by atoms with Gasteiger partial charge in [-0.1, -0.05) is 39.0 Å². The smallest absolute Gasteiger partial charge is 0.405 e. The average molecular weight is 624 g/mol. The van der Waals surface area contributed by atoms with Crippen LogP contribution in [0.5, 0.6) is 17.2 Å². The number of hydrogen-bond donors (Lipinski definition) is 2. The molecular weight excluding hydrogens is 588 g/mol. The van der Waals surface area contributed by atoms with Crippen LogP contribution in [-0.4, -0.2) is 31.2 Å². The SMILES string of the molecule is COc1ccc(COc2cc(-c3nc(C(=O)NCc4ccc(F)cc4F)c(C(CC(C)(C)C)OC(N)=O)o3)ccc2OC)cc1. The van der Waals surface area contributed by atoms with Crippen molar-refractivity contribution in [3.63, 3.8) is 0 Å². The molecule has 0 bridgehead atoms. The third kappa shape index (κ3) is 8.71. The number of amides is 2. The second-order valence-electron chi connectivity index (χ2n) is 11.3. The van der Waals surface area contributed by atoms with Crippen molar-refractivity contribution in [3.8, 4) is 28.7 Å². The monoisotopic (exact) mass is 623 g/mol. The van der Waals surface area contributed by atoms with E-state index in [9.17, 15) is 18.4 Å². The molecule has 12 heteroatoms. The Morgan fingerprint density at radius 2 is 1.71 bits per heavy atom. The van der Waals surface area contributed by atoms with Gasteiger partial charge in [0, 0.05) is 23.7 Å². The number of nitrogens with one attached hydrogen (secondary N) is 1. The fourth-order valence-corrected chi connectivity index (χ4v) is 4.45. The number of primary amides is 1. The van der Waals surface area contributed by atoms with E-state index in [0.717, 1.165) is 17.7 Å². The Balaban J connectivity index is 1.69. The van der Waals surface area contributed by atoms with E-state index in [1.54, 1.807) is 25.3 Å². The fraction of sp³-hybridized carbons (Fsp3) is 0.303. The lowest BCUT2D eigenvalue weighted by Crippen LogP contribution is -2.27. The number of oxazole rings is 1. The van der Waals surface area contributed by atoms with Crippen LogP contribution in [0.3, 0.4) is 0 Å². The molecule has 0 saturated carbocycles. The standard InChI is InChI=1S/C33H35F2N3O7/c1-33(2,3)16-27(44-32(36)40)29-28(30(39)37-17-21-8-10-22(34)15-24(21)35)38-31(45-29)20-9-13-25(42-5)26(14-20)43-18-19-6-11-23(41-4)12-7-19/h6-15,27H,16-18H2,1-5H3,(H2,36,40)(H,37,39). The van der Waals surface area contributed by atoms with Crippen LogP contribution in [0.2, 0.25) is 0 Å². The first-order chi connectivity index (χ1) is 21.4. The summed E-state index contributed by atoms with van der Waals surface area (Å²) in [5.41, 5.74) is 6.16. The van der Waals surface area contributed by atoms with Crippen LogP contribution >= 0.6 is 0 Å². The van der Waals surface area contributed by atoms with Gasteiger partial charge in [-0.3, -0.25) is 4.79 Å². The Morgan fingerprint density at radius 3 is 2.33 bits per heavy atom. The van der Waals surface area contributed by atoms with Crippen molar-refractivity contribution >= 4 is 12.0 Å². The summed E-state index contributed by atoms with van der Waals surface area (Å²) in [6.45, 7) is 5.69. The van der Waals surface area contributed by atoms with Gasteiger partial charge in [0.15, 0.2) is 29.1 Å². The van der Waals surface area contributed by atoms with Gasteiger partial charge in [0.25, 0.3) is 5.91 Å². The van der Waals surface area contributed by atoms with E-state index in [-0.39, 0.29) is 47.9 Å². The maximum atomic E-state index is 14.2. The summed E-state index contributed by atoms with van der Waals surface area (Å²) < 4.78 is 55.8. The van der Waals surface area contributed by atoms with E-state index in [0.29, 0.717) is 22.8 Å². The molecule has 1 heterocycles. The van der Waals surface area contributed by atoms with Crippen LogP contribution in [0.1, 0.15) is 60.7 Å². The summed E-state index contributed by atoms with van der Waals surface area (Å²) in [6, 6.07) is 15.4. The number of benzene rings is 3. The molecular formula is C33H35F2N3O7. The van der Waals surface area contributed by atoms with Gasteiger partial charge in [-0.2, -0.15) is 0 Å². The number of aromatic nitrogens is 1. The lowest BCUT2D eigenvalue weighted by Gasteiger charge is -2.24. The molecule has 0 fully saturated rings. The van der Waals surface area contributed by atoms with Crippen molar-refractivity contribution in [2.75, 3.05) is 14.2 Å². The average Bonchev–Trinajstić information content (AvgIpc) is 3.44. The molecule has 0 radical (unpaired) electrons. The van der Waals surface area contributed by atoms with Crippen LogP contribution < -0.4 is 25.3 Å². The Hall–Kier alpha value is -5.13. The molecule has 0 aliphatic heterocycles. The maximum absolute atomic E-state index is 14.2. The third-order valence-corrected chi connectivity index (χ3v) is 6.64. The van der Waals surface area contributed by atoms with Gasteiger partial charge in [0.1, 0.15) is 24.0 Å². The molecule has 3 N–H and O–H groups in total. The summed E-state index contributed by atoms with van der Waals surface area (Å²) in [5.74, 6) is -0.791. The highest BCUT2D eigenvalue weighted by molar-refractivity contribution is 5.94. The Labute approximate surface area is 259 Å². The van der Waals surface area contributed by atoms with Crippen LogP contribution in [-0.2, 0) is 17.9 Å². The zero-order valence-corrected chi connectivity index (χ0v) is 25.6. The lowest BCUT2D eigenvalue weighted by atomic mass is 9.88. The van der Waals surface area contributed by atoms with Gasteiger partial charge in [0.05, 0.1) is 14.2 Å². The van der Waals surface area contributed by atoms with Crippen LogP contribution in [0.15, 0.2) is 65.1 Å². The second-order valence-corrected chi connectivity index (χ2v) is 11.3. The molecule has 0 aliphatic carbocycles. The molecule has 0 aliphatic rings. The Bertz CT molecular complexity index is 1650. The molecule has 2 amide bonds. The summed E-state index contributed by atoms with van der Waals surface area (Å²) >= 11 is 0. The van der Waals surface area contributed by atoms with Crippen LogP contribution in [0, 0.1) is 17.0 Å². The number of carbonyl (C=O) groups is 2. The quantitative estimate of drug-likeness (QED) is 0.178. The number of rotatable bonds is 12. The number of nitrogens with zero attached hydrogens (tertiary/aromatic N) is 1. The van der Waals surface area contributed by atoms with Crippen molar-refractivity contribution < 1.29 is 41.7 Å². The van der Waals surface area contributed by atoms with Crippen molar-refractivity contribution in [2.24, 2.45) is 11.1 Å². The number of hydrogen-bond acceptors (Lipinski definition) is 8. The number of carbonyl (C=O) groups excluding carboxylic acids is 2. The Kier molecular flexibility index (Phi) is 10.3. The summed E-state index contributed by atoms with van der Waals surface area (Å²) in [7, 11) is 3.09. The molecule has 1 unspecified atom stereocenters. The number of halogens is 2. The van der Waals surface area contributed by atoms with E-state index >= 15 is 0 Å². The highest BCUT2D eigenvalue weighted by Crippen LogP contribution is 2.38. The fourth-order valence-electron chi connectivity index (χ4n) is 4.45. The molecule has 0 saturated heterocycles. The molecule has 238 valence electrons. The van der Waals surface area contributed by atoms with E-state index in [4.69, 9.17) is 29.1 Å². The van der Waals surface area contributed by atoms with Gasteiger partial charge < -0.3 is 34.4 Å². The Morgan fingerprint density at radius 1 is 0.978 bits per heavy atom. The highest BCUT2D eigenvalue weighted by atomic mass is 19.1. The van der Waals surface area contributed by atoms with Gasteiger partial charge >= 0.3 is 6.09 Å². The number of nitrogens with two attached hydrogens (primary N) is 1. The maximum Gasteiger partial charge on any atom is 0.405 e. The predicted octanol–water partition coefficient (Wildman–Crippen LogP) is 6.72. The second kappa shape index (κ2) is 14.1. The zero-order valence-electron chi connectivity index (χ0n) is 25.6. The number of methoxy groups -OCH3 is 2. The third-order valence-electron chi connectivity index (χ3n) is 6.64. The minimum atomic E-state index is -1.07. The van der Waals surface area contributed by atoms with Gasteiger partial charge in [0.2, 0.25) is 5.89 Å². The predicted molar refractivity (Wildman–Crippen MR) is 161 cm³/mol. The molecule has 1 atom stereocenters. The highest BCUT2D eigenvalue weighted by Gasteiger charge is 2.33. The molecule has 1 aromatic heterocycles. The van der Waals surface area contributed by atoms with Crippen molar-refractivity contribution in [1.82, 2.24) is 10.3 Å². The number of ether oxygens (including phenoxy) is 4. The summed E-state index contributed by atoms with van der Waals surface area (Å²) in [6.07, 6.45) is -1.91. The first-order valence-electron chi connectivity index (χ1n) is 14.0. The molecule has 4 rings (SSSR count). The van der Waals surface area contributed by atoms with E-state index < -0.39 is 29.7 Å². The molecule has 0 spiro atoms. The zero-order chi connectivity index (χ0) is 32.7. The molecule has 45 heavy (non-hydrogen) atoms. The topological polar surface area (TPSA) is 135 Å². The first-order valence-corrected chi connectivity index (χ1v) is 14.0. The normalized spacial score (nSPS) is 11.9. The van der Waals surface area contributed by atoms with Gasteiger partial charge in [-0.15, -0.1) is 0 Å². The minimum Gasteiger partial charge on any atom is -0.497 e. The van der Waals surface area contributed by atoms with E-state index in [2.05, 4.69) is 10.3 Å². The van der Waals surface area contributed by atoms with Crippen LogP contribution in [0.25, 0.3) is 11.5 Å². The largest absolute Gasteiger partial charge is 0.497 e. The van der Waals surface area contributed by atoms with Crippen molar-refractivity contribution in [2.45, 2.75) is 46.4 Å². The summed E-state index contributed by atoms with van der Waals surface area (Å²) in [4.78, 5) is 29.8. The van der Waals surface area contributed by atoms with E-state index in [1.807, 2.05) is 45.0 Å². The van der Waals surface area contributed by atoms with Crippen molar-refractivity contribution in [1.29, 1.82) is 0 Å². The summed E-state index contributed by atoms with van der Waals surface area (Å²) in [5, 5.41) is 2.58. The van der Waals surface area contributed by atoms with Gasteiger partial charge in [-0.05, 0) is 53.8 Å². The van der Waals surface area contributed by atoms with Crippen LogP contribution in [0.4, 0.5) is 13.6 Å². The van der Waals surface area contributed by atoms with E-state index in [1.165, 1.54) is 13.2 Å². The first kappa shape index (κ1) is 32.8. The minimum absolute atomic E-state index is 0.0204. The van der Waals surface area contributed by atoms with Gasteiger partial charge in [-0.25, -0.2) is 18.6 Å².